The van der Waals surface area contributed by atoms with Crippen molar-refractivity contribution >= 4 is 17.5 Å². The molecule has 0 spiro atoms. The Morgan fingerprint density at radius 3 is 2.94 bits per heavy atom. The van der Waals surface area contributed by atoms with Gasteiger partial charge in [-0.05, 0) is 18.4 Å². The minimum absolute atomic E-state index is 0.108. The molecule has 16 heavy (non-hydrogen) atoms. The van der Waals surface area contributed by atoms with Crippen LogP contribution in [0.25, 0.3) is 0 Å². The summed E-state index contributed by atoms with van der Waals surface area (Å²) in [5, 5.41) is 10.1. The van der Waals surface area contributed by atoms with Gasteiger partial charge in [0.2, 0.25) is 0 Å². The summed E-state index contributed by atoms with van der Waals surface area (Å²) in [7, 11) is 0. The molecule has 1 heterocycles. The van der Waals surface area contributed by atoms with Gasteiger partial charge in [-0.3, -0.25) is 4.79 Å². The maximum atomic E-state index is 11.7. The summed E-state index contributed by atoms with van der Waals surface area (Å²) < 4.78 is 0. The molecule has 88 valence electrons. The van der Waals surface area contributed by atoms with Gasteiger partial charge in [0.15, 0.2) is 0 Å². The first kappa shape index (κ1) is 12.9. The first-order valence-corrected chi connectivity index (χ1v) is 5.92. The maximum absolute atomic E-state index is 11.7. The number of rotatable bonds is 6. The summed E-state index contributed by atoms with van der Waals surface area (Å²) in [6.07, 6.45) is 4.90. The predicted molar refractivity (Wildman–Crippen MR) is 63.5 cm³/mol. The van der Waals surface area contributed by atoms with Gasteiger partial charge in [-0.1, -0.05) is 13.3 Å². The first-order valence-electron chi connectivity index (χ1n) is 5.38. The average molecular weight is 242 g/mol. The Morgan fingerprint density at radius 2 is 2.38 bits per heavy atom. The van der Waals surface area contributed by atoms with Gasteiger partial charge in [0, 0.05) is 12.4 Å². The van der Waals surface area contributed by atoms with Gasteiger partial charge in [0.05, 0.1) is 18.0 Å². The van der Waals surface area contributed by atoms with E-state index in [9.17, 15) is 4.79 Å². The van der Waals surface area contributed by atoms with Crippen LogP contribution in [0.15, 0.2) is 18.5 Å². The minimum atomic E-state index is -0.108. The van der Waals surface area contributed by atoms with E-state index in [0.717, 1.165) is 12.8 Å². The van der Waals surface area contributed by atoms with Crippen molar-refractivity contribution in [2.75, 3.05) is 12.4 Å². The Balaban J connectivity index is 2.40. The summed E-state index contributed by atoms with van der Waals surface area (Å²) in [5.74, 6) is 0.963. The lowest BCUT2D eigenvalue weighted by Gasteiger charge is -2.13. The lowest BCUT2D eigenvalue weighted by molar-refractivity contribution is 0.0946. The van der Waals surface area contributed by atoms with Crippen molar-refractivity contribution < 1.29 is 4.79 Å². The van der Waals surface area contributed by atoms with E-state index < -0.39 is 0 Å². The van der Waals surface area contributed by atoms with Crippen LogP contribution >= 0.6 is 11.6 Å². The molecule has 1 amide bonds. The normalized spacial score (nSPS) is 12.1. The minimum Gasteiger partial charge on any atom is -0.352 e. The number of hydrogen-bond donors (Lipinski definition) is 1. The van der Waals surface area contributed by atoms with E-state index in [-0.39, 0.29) is 5.91 Å². The quantitative estimate of drug-likeness (QED) is 0.774. The molecule has 5 heteroatoms. The van der Waals surface area contributed by atoms with E-state index in [1.165, 1.54) is 12.4 Å². The number of hydrogen-bond acceptors (Lipinski definition) is 3. The van der Waals surface area contributed by atoms with Crippen LogP contribution in [-0.4, -0.2) is 28.5 Å². The zero-order valence-electron chi connectivity index (χ0n) is 9.32. The molecule has 4 nitrogen and oxygen atoms in total. The number of alkyl halides is 1. The third-order valence-electron chi connectivity index (χ3n) is 2.49. The molecule has 0 aliphatic rings. The van der Waals surface area contributed by atoms with Gasteiger partial charge >= 0.3 is 0 Å². The van der Waals surface area contributed by atoms with Gasteiger partial charge in [0.1, 0.15) is 0 Å². The van der Waals surface area contributed by atoms with Crippen molar-refractivity contribution in [2.24, 2.45) is 5.92 Å². The number of carbonyl (C=O) groups excluding carboxylic acids is 1. The molecule has 1 aromatic rings. The van der Waals surface area contributed by atoms with Crippen LogP contribution in [0, 0.1) is 5.92 Å². The van der Waals surface area contributed by atoms with Crippen LogP contribution in [-0.2, 0) is 0 Å². The molecule has 1 N–H and O–H groups in total. The van der Waals surface area contributed by atoms with Gasteiger partial charge in [-0.15, -0.1) is 11.6 Å². The molecule has 0 saturated heterocycles. The smallest absolute Gasteiger partial charge is 0.252 e. The highest BCUT2D eigenvalue weighted by Gasteiger charge is 2.09. The second-order valence-corrected chi connectivity index (χ2v) is 3.97. The van der Waals surface area contributed by atoms with Crippen molar-refractivity contribution in [1.82, 2.24) is 15.5 Å². The number of carbonyl (C=O) groups is 1. The average Bonchev–Trinajstić information content (AvgIpc) is 2.35. The molecule has 1 aromatic heterocycles. The Bertz CT molecular complexity index is 318. The van der Waals surface area contributed by atoms with Crippen LogP contribution in [0.1, 0.15) is 30.1 Å². The third kappa shape index (κ3) is 4.14. The molecule has 0 aromatic carbocycles. The van der Waals surface area contributed by atoms with Gasteiger partial charge in [-0.2, -0.15) is 10.2 Å². The fourth-order valence-electron chi connectivity index (χ4n) is 1.37. The highest BCUT2D eigenvalue weighted by atomic mass is 35.5. The summed E-state index contributed by atoms with van der Waals surface area (Å²) in [5.41, 5.74) is 0.538. The molecule has 1 atom stereocenters. The predicted octanol–water partition coefficient (Wildman–Crippen LogP) is 1.86. The number of halogens is 1. The zero-order valence-corrected chi connectivity index (χ0v) is 10.1. The molecule has 0 aliphatic carbocycles. The SMILES string of the molecule is CCC(CCCl)CNC(=O)c1ccnnc1. The third-order valence-corrected chi connectivity index (χ3v) is 2.71. The Morgan fingerprint density at radius 1 is 1.56 bits per heavy atom. The van der Waals surface area contributed by atoms with E-state index in [1.807, 2.05) is 0 Å². The molecular formula is C11H16ClN3O. The highest BCUT2D eigenvalue weighted by Crippen LogP contribution is 2.08. The van der Waals surface area contributed by atoms with E-state index >= 15 is 0 Å². The molecule has 0 saturated carbocycles. The number of amides is 1. The van der Waals surface area contributed by atoms with Crippen LogP contribution in [0.3, 0.4) is 0 Å². The molecule has 0 radical (unpaired) electrons. The maximum Gasteiger partial charge on any atom is 0.252 e. The molecular weight excluding hydrogens is 226 g/mol. The van der Waals surface area contributed by atoms with Crippen LogP contribution in [0.5, 0.6) is 0 Å². The summed E-state index contributed by atoms with van der Waals surface area (Å²) >= 11 is 5.68. The Labute approximate surface area is 100 Å². The first-order chi connectivity index (χ1) is 7.77. The van der Waals surface area contributed by atoms with Crippen LogP contribution in [0.4, 0.5) is 0 Å². The lowest BCUT2D eigenvalue weighted by atomic mass is 10.0. The number of nitrogens with zero attached hydrogens (tertiary/aromatic N) is 2. The summed E-state index contributed by atoms with van der Waals surface area (Å²) in [6.45, 7) is 2.75. The van der Waals surface area contributed by atoms with Gasteiger partial charge < -0.3 is 5.32 Å². The summed E-state index contributed by atoms with van der Waals surface area (Å²) in [6, 6.07) is 1.64. The zero-order chi connectivity index (χ0) is 11.8. The Hall–Kier alpha value is -1.16. The Kier molecular flexibility index (Phi) is 5.78. The van der Waals surface area contributed by atoms with E-state index in [1.54, 1.807) is 6.07 Å². The molecule has 0 bridgehead atoms. The standard InChI is InChI=1S/C11H16ClN3O/c1-2-9(3-5-12)7-13-11(16)10-4-6-14-15-8-10/h4,6,8-9H,2-3,5,7H2,1H3,(H,13,16). The van der Waals surface area contributed by atoms with Crippen molar-refractivity contribution in [3.63, 3.8) is 0 Å². The van der Waals surface area contributed by atoms with Crippen LogP contribution < -0.4 is 5.32 Å². The van der Waals surface area contributed by atoms with Crippen LogP contribution in [0.2, 0.25) is 0 Å². The fraction of sp³-hybridized carbons (Fsp3) is 0.545. The summed E-state index contributed by atoms with van der Waals surface area (Å²) in [4.78, 5) is 11.7. The topological polar surface area (TPSA) is 54.9 Å². The molecule has 1 unspecified atom stereocenters. The number of aromatic nitrogens is 2. The number of nitrogens with one attached hydrogen (secondary N) is 1. The van der Waals surface area contributed by atoms with Crippen molar-refractivity contribution in [3.8, 4) is 0 Å². The van der Waals surface area contributed by atoms with E-state index in [2.05, 4.69) is 22.4 Å². The van der Waals surface area contributed by atoms with Gasteiger partial charge in [0.25, 0.3) is 5.91 Å². The second kappa shape index (κ2) is 7.17. The monoisotopic (exact) mass is 241 g/mol. The highest BCUT2D eigenvalue weighted by molar-refractivity contribution is 6.17. The molecule has 0 fully saturated rings. The fourth-order valence-corrected chi connectivity index (χ4v) is 1.68. The lowest BCUT2D eigenvalue weighted by Crippen LogP contribution is -2.29. The molecule has 0 aliphatic heterocycles. The van der Waals surface area contributed by atoms with E-state index in [0.29, 0.717) is 23.9 Å². The second-order valence-electron chi connectivity index (χ2n) is 3.59. The van der Waals surface area contributed by atoms with Crippen molar-refractivity contribution in [3.05, 3.63) is 24.0 Å². The van der Waals surface area contributed by atoms with Gasteiger partial charge in [-0.25, -0.2) is 0 Å². The van der Waals surface area contributed by atoms with Crippen molar-refractivity contribution in [2.45, 2.75) is 19.8 Å². The molecule has 1 rings (SSSR count). The van der Waals surface area contributed by atoms with E-state index in [4.69, 9.17) is 11.6 Å². The largest absolute Gasteiger partial charge is 0.352 e. The van der Waals surface area contributed by atoms with Crippen molar-refractivity contribution in [1.29, 1.82) is 0 Å².